The minimum atomic E-state index is -1.03. The summed E-state index contributed by atoms with van der Waals surface area (Å²) in [5.74, 6) is -0.204. The standard InChI is InChI=1S/C13H10Cl3NO3/c1-6-9(13(18)19)4-8(20-6)5-17-12-10(15)2-7(14)3-11(12)16/h2-4,17H,5H2,1H3,(H,18,19). The van der Waals surface area contributed by atoms with Crippen LogP contribution in [0.4, 0.5) is 5.69 Å². The molecule has 0 saturated heterocycles. The molecule has 2 rings (SSSR count). The minimum absolute atomic E-state index is 0.134. The lowest BCUT2D eigenvalue weighted by atomic mass is 10.2. The van der Waals surface area contributed by atoms with E-state index in [1.165, 1.54) is 6.07 Å². The van der Waals surface area contributed by atoms with Crippen molar-refractivity contribution in [1.29, 1.82) is 0 Å². The van der Waals surface area contributed by atoms with E-state index in [0.29, 0.717) is 32.3 Å². The second-order valence-electron chi connectivity index (χ2n) is 4.09. The summed E-state index contributed by atoms with van der Waals surface area (Å²) >= 11 is 17.9. The van der Waals surface area contributed by atoms with Crippen LogP contribution < -0.4 is 5.32 Å². The molecule has 0 atom stereocenters. The number of aromatic carboxylic acids is 1. The Bertz CT molecular complexity index is 644. The van der Waals surface area contributed by atoms with Crippen LogP contribution >= 0.6 is 34.8 Å². The number of nitrogens with one attached hydrogen (secondary N) is 1. The van der Waals surface area contributed by atoms with Crippen molar-refractivity contribution < 1.29 is 14.3 Å². The molecule has 0 aliphatic heterocycles. The molecular formula is C13H10Cl3NO3. The molecule has 106 valence electrons. The molecule has 0 aliphatic carbocycles. The Hall–Kier alpha value is -1.36. The molecule has 0 amide bonds. The van der Waals surface area contributed by atoms with Gasteiger partial charge in [0.1, 0.15) is 17.1 Å². The number of hydrogen-bond acceptors (Lipinski definition) is 3. The van der Waals surface area contributed by atoms with E-state index in [-0.39, 0.29) is 12.1 Å². The Kier molecular flexibility index (Phi) is 4.48. The van der Waals surface area contributed by atoms with Crippen molar-refractivity contribution in [3.05, 3.63) is 50.4 Å². The maximum atomic E-state index is 10.9. The zero-order valence-electron chi connectivity index (χ0n) is 10.3. The predicted molar refractivity (Wildman–Crippen MR) is 79.2 cm³/mol. The highest BCUT2D eigenvalue weighted by molar-refractivity contribution is 6.41. The monoisotopic (exact) mass is 333 g/mol. The zero-order chi connectivity index (χ0) is 14.9. The Balaban J connectivity index is 2.17. The maximum Gasteiger partial charge on any atom is 0.339 e. The zero-order valence-corrected chi connectivity index (χ0v) is 12.6. The highest BCUT2D eigenvalue weighted by atomic mass is 35.5. The van der Waals surface area contributed by atoms with Crippen molar-refractivity contribution >= 4 is 46.5 Å². The number of carboxylic acids is 1. The van der Waals surface area contributed by atoms with E-state index < -0.39 is 5.97 Å². The fourth-order valence-corrected chi connectivity index (χ4v) is 2.68. The molecule has 2 N–H and O–H groups in total. The normalized spacial score (nSPS) is 10.6. The summed E-state index contributed by atoms with van der Waals surface area (Å²) in [4.78, 5) is 10.9. The van der Waals surface area contributed by atoms with Gasteiger partial charge in [-0.15, -0.1) is 0 Å². The average molecular weight is 335 g/mol. The molecule has 7 heteroatoms. The maximum absolute atomic E-state index is 10.9. The van der Waals surface area contributed by atoms with Crippen molar-refractivity contribution in [2.75, 3.05) is 5.32 Å². The SMILES string of the molecule is Cc1oc(CNc2c(Cl)cc(Cl)cc2Cl)cc1C(=O)O. The van der Waals surface area contributed by atoms with Gasteiger partial charge >= 0.3 is 5.97 Å². The molecule has 0 radical (unpaired) electrons. The van der Waals surface area contributed by atoms with Crippen LogP contribution in [0.25, 0.3) is 0 Å². The van der Waals surface area contributed by atoms with Gasteiger partial charge in [-0.2, -0.15) is 0 Å². The molecule has 0 spiro atoms. The lowest BCUT2D eigenvalue weighted by Crippen LogP contribution is -2.00. The summed E-state index contributed by atoms with van der Waals surface area (Å²) in [6, 6.07) is 4.59. The predicted octanol–water partition coefficient (Wildman–Crippen LogP) is 4.86. The highest BCUT2D eigenvalue weighted by Crippen LogP contribution is 2.34. The average Bonchev–Trinajstić information content (AvgIpc) is 2.69. The van der Waals surface area contributed by atoms with Crippen LogP contribution in [-0.2, 0) is 6.54 Å². The Morgan fingerprint density at radius 2 is 1.85 bits per heavy atom. The van der Waals surface area contributed by atoms with Gasteiger partial charge in [0.2, 0.25) is 0 Å². The van der Waals surface area contributed by atoms with Gasteiger partial charge in [-0.25, -0.2) is 4.79 Å². The molecule has 0 saturated carbocycles. The van der Waals surface area contributed by atoms with Gasteiger partial charge in [0.15, 0.2) is 0 Å². The van der Waals surface area contributed by atoms with Gasteiger partial charge in [-0.05, 0) is 25.1 Å². The minimum Gasteiger partial charge on any atom is -0.478 e. The summed E-state index contributed by atoms with van der Waals surface area (Å²) in [5.41, 5.74) is 0.652. The molecule has 2 aromatic rings. The van der Waals surface area contributed by atoms with Crippen LogP contribution in [0.5, 0.6) is 0 Å². The van der Waals surface area contributed by atoms with Crippen LogP contribution in [0.3, 0.4) is 0 Å². The molecule has 1 aromatic carbocycles. The van der Waals surface area contributed by atoms with Crippen LogP contribution in [0.1, 0.15) is 21.9 Å². The van der Waals surface area contributed by atoms with E-state index in [0.717, 1.165) is 0 Å². The Morgan fingerprint density at radius 1 is 1.25 bits per heavy atom. The van der Waals surface area contributed by atoms with Crippen molar-refractivity contribution in [1.82, 2.24) is 0 Å². The van der Waals surface area contributed by atoms with Crippen LogP contribution in [-0.4, -0.2) is 11.1 Å². The highest BCUT2D eigenvalue weighted by Gasteiger charge is 2.14. The molecule has 4 nitrogen and oxygen atoms in total. The quantitative estimate of drug-likeness (QED) is 0.838. The second-order valence-corrected chi connectivity index (χ2v) is 5.34. The largest absolute Gasteiger partial charge is 0.478 e. The van der Waals surface area contributed by atoms with Crippen LogP contribution in [0, 0.1) is 6.92 Å². The van der Waals surface area contributed by atoms with Crippen molar-refractivity contribution in [3.8, 4) is 0 Å². The lowest BCUT2D eigenvalue weighted by molar-refractivity contribution is 0.0695. The molecule has 0 bridgehead atoms. The molecule has 1 heterocycles. The molecule has 1 aromatic heterocycles. The Labute approximate surface area is 130 Å². The van der Waals surface area contributed by atoms with Gasteiger partial charge in [0.05, 0.1) is 22.3 Å². The number of aryl methyl sites for hydroxylation is 1. The summed E-state index contributed by atoms with van der Waals surface area (Å²) in [6.07, 6.45) is 0. The number of benzene rings is 1. The third kappa shape index (κ3) is 3.20. The van der Waals surface area contributed by atoms with E-state index in [2.05, 4.69) is 5.32 Å². The smallest absolute Gasteiger partial charge is 0.339 e. The topological polar surface area (TPSA) is 62.5 Å². The van der Waals surface area contributed by atoms with E-state index in [1.54, 1.807) is 19.1 Å². The number of rotatable bonds is 4. The Morgan fingerprint density at radius 3 is 2.35 bits per heavy atom. The third-order valence-corrected chi connectivity index (χ3v) is 3.46. The first-order valence-corrected chi connectivity index (χ1v) is 6.73. The van der Waals surface area contributed by atoms with Gasteiger partial charge in [-0.1, -0.05) is 34.8 Å². The van der Waals surface area contributed by atoms with Crippen molar-refractivity contribution in [3.63, 3.8) is 0 Å². The molecule has 0 fully saturated rings. The number of halogens is 3. The van der Waals surface area contributed by atoms with Crippen molar-refractivity contribution in [2.45, 2.75) is 13.5 Å². The number of anilines is 1. The third-order valence-electron chi connectivity index (χ3n) is 2.65. The van der Waals surface area contributed by atoms with Gasteiger partial charge in [0, 0.05) is 5.02 Å². The summed E-state index contributed by atoms with van der Waals surface area (Å²) in [5, 5.41) is 13.1. The molecule has 20 heavy (non-hydrogen) atoms. The molecule has 0 unspecified atom stereocenters. The molecular weight excluding hydrogens is 325 g/mol. The van der Waals surface area contributed by atoms with E-state index in [4.69, 9.17) is 44.3 Å². The van der Waals surface area contributed by atoms with Gasteiger partial charge in [0.25, 0.3) is 0 Å². The number of carbonyl (C=O) groups is 1. The van der Waals surface area contributed by atoms with Crippen molar-refractivity contribution in [2.24, 2.45) is 0 Å². The first-order valence-electron chi connectivity index (χ1n) is 5.59. The fourth-order valence-electron chi connectivity index (χ4n) is 1.73. The fraction of sp³-hybridized carbons (Fsp3) is 0.154. The van der Waals surface area contributed by atoms with E-state index in [9.17, 15) is 4.79 Å². The first kappa shape index (κ1) is 15.0. The van der Waals surface area contributed by atoms with Crippen LogP contribution in [0.15, 0.2) is 22.6 Å². The lowest BCUT2D eigenvalue weighted by Gasteiger charge is -2.09. The first-order chi connectivity index (χ1) is 9.38. The second kappa shape index (κ2) is 5.95. The van der Waals surface area contributed by atoms with Gasteiger partial charge < -0.3 is 14.8 Å². The number of furan rings is 1. The summed E-state index contributed by atoms with van der Waals surface area (Å²) < 4.78 is 5.35. The number of hydrogen-bond donors (Lipinski definition) is 2. The molecule has 0 aliphatic rings. The van der Waals surface area contributed by atoms with Crippen LogP contribution in [0.2, 0.25) is 15.1 Å². The number of carboxylic acid groups (broad SMARTS) is 1. The summed E-state index contributed by atoms with van der Waals surface area (Å²) in [7, 11) is 0. The van der Waals surface area contributed by atoms with E-state index >= 15 is 0 Å². The van der Waals surface area contributed by atoms with Gasteiger partial charge in [-0.3, -0.25) is 0 Å². The summed E-state index contributed by atoms with van der Waals surface area (Å²) in [6.45, 7) is 1.85. The van der Waals surface area contributed by atoms with E-state index in [1.807, 2.05) is 0 Å².